The molecule has 464 valence electrons. The van der Waals surface area contributed by atoms with Crippen molar-refractivity contribution in [2.75, 3.05) is 13.2 Å². The first kappa shape index (κ1) is 74.9. The molecule has 1 aliphatic rings. The van der Waals surface area contributed by atoms with E-state index in [9.17, 15) is 34.5 Å². The van der Waals surface area contributed by atoms with E-state index in [-0.39, 0.29) is 25.9 Å². The maximum atomic E-state index is 13.2. The van der Waals surface area contributed by atoms with Crippen LogP contribution in [-0.4, -0.2) is 89.2 Å². The Kier molecular flexibility index (Phi) is 52.1. The Labute approximate surface area is 492 Å². The first-order chi connectivity index (χ1) is 39.6. The van der Waals surface area contributed by atoms with Crippen molar-refractivity contribution in [2.45, 2.75) is 314 Å². The minimum Gasteiger partial charge on any atom is -0.479 e. The molecule has 1 aliphatic heterocycles. The van der Waals surface area contributed by atoms with Crippen LogP contribution in [0.3, 0.4) is 0 Å². The van der Waals surface area contributed by atoms with Gasteiger partial charge in [0.15, 0.2) is 24.6 Å². The number of unbranched alkanes of at least 4 members (excludes halogenated alkanes) is 27. The summed E-state index contributed by atoms with van der Waals surface area (Å²) in [5.74, 6) is -3.14. The molecule has 0 spiro atoms. The van der Waals surface area contributed by atoms with Crippen LogP contribution in [0.5, 0.6) is 0 Å². The van der Waals surface area contributed by atoms with Crippen molar-refractivity contribution in [1.82, 2.24) is 0 Å². The number of carbonyl (C=O) groups excluding carboxylic acids is 3. The van der Waals surface area contributed by atoms with E-state index in [0.717, 1.165) is 135 Å². The zero-order valence-corrected chi connectivity index (χ0v) is 51.3. The van der Waals surface area contributed by atoms with E-state index >= 15 is 0 Å². The van der Waals surface area contributed by atoms with Gasteiger partial charge in [-0.05, 0) is 96.3 Å². The number of aliphatic hydroxyl groups excluding tert-OH is 2. The highest BCUT2D eigenvalue weighted by atomic mass is 16.7. The van der Waals surface area contributed by atoms with Crippen molar-refractivity contribution in [3.05, 3.63) is 85.1 Å². The van der Waals surface area contributed by atoms with Crippen molar-refractivity contribution in [3.63, 3.8) is 0 Å². The van der Waals surface area contributed by atoms with Crippen LogP contribution < -0.4 is 0 Å². The molecular weight excluding hydrogens is 1020 g/mol. The molecule has 81 heavy (non-hydrogen) atoms. The fourth-order valence-corrected chi connectivity index (χ4v) is 9.48. The van der Waals surface area contributed by atoms with Crippen molar-refractivity contribution < 1.29 is 58.2 Å². The molecule has 0 amide bonds. The van der Waals surface area contributed by atoms with Gasteiger partial charge >= 0.3 is 23.9 Å². The van der Waals surface area contributed by atoms with Crippen LogP contribution in [0.2, 0.25) is 0 Å². The minimum absolute atomic E-state index is 0.0412. The number of carboxylic acid groups (broad SMARTS) is 1. The molecule has 12 heteroatoms. The second-order valence-electron chi connectivity index (χ2n) is 22.0. The summed E-state index contributed by atoms with van der Waals surface area (Å²) >= 11 is 0. The zero-order valence-electron chi connectivity index (χ0n) is 51.3. The Balaban J connectivity index is 2.66. The first-order valence-corrected chi connectivity index (χ1v) is 32.6. The summed E-state index contributed by atoms with van der Waals surface area (Å²) in [7, 11) is 0. The normalized spacial score (nSPS) is 18.3. The Morgan fingerprint density at radius 1 is 0.420 bits per heavy atom. The summed E-state index contributed by atoms with van der Waals surface area (Å²) in [4.78, 5) is 51.3. The summed E-state index contributed by atoms with van der Waals surface area (Å²) in [6, 6.07) is 0. The first-order valence-electron chi connectivity index (χ1n) is 32.6. The summed E-state index contributed by atoms with van der Waals surface area (Å²) in [5, 5.41) is 31.6. The number of rotatable bonds is 55. The number of aliphatic carboxylic acids is 1. The molecule has 1 saturated heterocycles. The highest BCUT2D eigenvalue weighted by Gasteiger charge is 2.50. The molecule has 12 nitrogen and oxygen atoms in total. The number of aliphatic hydroxyl groups is 2. The third-order valence-corrected chi connectivity index (χ3v) is 14.5. The standard InChI is InChI=1S/C69H116O12/c1-4-7-10-13-16-19-22-25-27-29-31-33-35-38-40-43-46-49-52-55-61(70)77-58-60(79-62(71)56-53-50-47-44-41-37-24-21-18-15-12-9-6-3)59-78-69-67(65(74)64(73)66(81-69)68(75)76)80-63(72)57-54-51-48-45-42-39-36-34-32-30-28-26-23-20-17-14-11-8-5-2/h8,11,16-17,19-20,25-28,31-34,60,64-67,69,73-74H,4-7,9-10,12-15,18,21-24,29-30,35-59H2,1-3H3,(H,75,76)/b11-8-,19-16-,20-17-,27-25-,28-26-,33-31-,34-32-. The fourth-order valence-electron chi connectivity index (χ4n) is 9.48. The Morgan fingerprint density at radius 2 is 0.778 bits per heavy atom. The largest absolute Gasteiger partial charge is 0.479 e. The SMILES string of the molecule is CC/C=C\C/C=C\C/C=C\C/C=C\CCCCCCCCC(=O)OC1C(OCC(COC(=O)CCCCCCCC/C=C\C/C=C\C/C=C\CCCCC)OC(=O)CCCCCCCCCCCCCCC)OC(C(=O)O)C(O)C1O. The van der Waals surface area contributed by atoms with Crippen LogP contribution in [0.15, 0.2) is 85.1 Å². The van der Waals surface area contributed by atoms with Gasteiger partial charge in [0.2, 0.25) is 0 Å². The second kappa shape index (κ2) is 56.4. The maximum absolute atomic E-state index is 13.2. The van der Waals surface area contributed by atoms with E-state index in [1.165, 1.54) is 83.5 Å². The van der Waals surface area contributed by atoms with E-state index in [4.69, 9.17) is 23.7 Å². The number of carboxylic acids is 1. The number of hydrogen-bond acceptors (Lipinski definition) is 11. The molecule has 0 saturated carbocycles. The molecule has 0 aromatic heterocycles. The van der Waals surface area contributed by atoms with Gasteiger partial charge in [-0.1, -0.05) is 247 Å². The van der Waals surface area contributed by atoms with Crippen LogP contribution in [-0.2, 0) is 42.9 Å². The lowest BCUT2D eigenvalue weighted by Crippen LogP contribution is -2.61. The summed E-state index contributed by atoms with van der Waals surface area (Å²) in [6.07, 6.45) is 61.0. The molecule has 1 fully saturated rings. The number of hydrogen-bond donors (Lipinski definition) is 3. The van der Waals surface area contributed by atoms with Crippen LogP contribution in [0.25, 0.3) is 0 Å². The predicted molar refractivity (Wildman–Crippen MR) is 331 cm³/mol. The number of esters is 3. The van der Waals surface area contributed by atoms with E-state index in [1.807, 2.05) is 0 Å². The molecule has 0 aliphatic carbocycles. The van der Waals surface area contributed by atoms with Gasteiger partial charge in [-0.2, -0.15) is 0 Å². The van der Waals surface area contributed by atoms with Crippen LogP contribution in [0.1, 0.15) is 278 Å². The van der Waals surface area contributed by atoms with Gasteiger partial charge < -0.3 is 39.0 Å². The second-order valence-corrected chi connectivity index (χ2v) is 22.0. The maximum Gasteiger partial charge on any atom is 0.335 e. The van der Waals surface area contributed by atoms with Gasteiger partial charge in [0.05, 0.1) is 6.61 Å². The molecule has 0 radical (unpaired) electrons. The third kappa shape index (κ3) is 46.0. The summed E-state index contributed by atoms with van der Waals surface area (Å²) < 4.78 is 28.5. The lowest BCUT2D eigenvalue weighted by Gasteiger charge is -2.40. The molecule has 0 aromatic rings. The number of ether oxygens (including phenoxy) is 5. The van der Waals surface area contributed by atoms with Crippen LogP contribution in [0, 0.1) is 0 Å². The van der Waals surface area contributed by atoms with Gasteiger partial charge in [0, 0.05) is 19.3 Å². The van der Waals surface area contributed by atoms with Crippen molar-refractivity contribution >= 4 is 23.9 Å². The quantitative estimate of drug-likeness (QED) is 0.0228. The minimum atomic E-state index is -1.91. The molecule has 0 bridgehead atoms. The van der Waals surface area contributed by atoms with E-state index in [1.54, 1.807) is 0 Å². The highest BCUT2D eigenvalue weighted by molar-refractivity contribution is 5.74. The van der Waals surface area contributed by atoms with E-state index in [2.05, 4.69) is 106 Å². The molecule has 6 unspecified atom stereocenters. The number of carbonyl (C=O) groups is 4. The molecule has 1 rings (SSSR count). The van der Waals surface area contributed by atoms with Crippen LogP contribution in [0.4, 0.5) is 0 Å². The lowest BCUT2D eigenvalue weighted by molar-refractivity contribution is -0.301. The van der Waals surface area contributed by atoms with Gasteiger partial charge in [-0.25, -0.2) is 4.79 Å². The predicted octanol–water partition coefficient (Wildman–Crippen LogP) is 17.5. The molecule has 0 aromatic carbocycles. The zero-order chi connectivity index (χ0) is 58.9. The average Bonchev–Trinajstić information content (AvgIpc) is 3.54. The monoisotopic (exact) mass is 1140 g/mol. The van der Waals surface area contributed by atoms with Crippen LogP contribution >= 0.6 is 0 Å². The fraction of sp³-hybridized carbons (Fsp3) is 0.739. The van der Waals surface area contributed by atoms with Crippen molar-refractivity contribution in [1.29, 1.82) is 0 Å². The Morgan fingerprint density at radius 3 is 1.21 bits per heavy atom. The highest BCUT2D eigenvalue weighted by Crippen LogP contribution is 2.27. The van der Waals surface area contributed by atoms with E-state index < -0.39 is 67.3 Å². The summed E-state index contributed by atoms with van der Waals surface area (Å²) in [6.45, 7) is 5.86. The lowest BCUT2D eigenvalue weighted by atomic mass is 9.98. The van der Waals surface area contributed by atoms with E-state index in [0.29, 0.717) is 19.3 Å². The van der Waals surface area contributed by atoms with Crippen molar-refractivity contribution in [3.8, 4) is 0 Å². The Hall–Kier alpha value is -4.10. The molecule has 1 heterocycles. The average molecular weight is 1140 g/mol. The topological polar surface area (TPSA) is 175 Å². The summed E-state index contributed by atoms with van der Waals surface area (Å²) in [5.41, 5.74) is 0. The smallest absolute Gasteiger partial charge is 0.335 e. The molecule has 3 N–H and O–H groups in total. The van der Waals surface area contributed by atoms with Gasteiger partial charge in [0.25, 0.3) is 0 Å². The Bertz CT molecular complexity index is 1730. The van der Waals surface area contributed by atoms with Gasteiger partial charge in [-0.3, -0.25) is 14.4 Å². The van der Waals surface area contributed by atoms with Gasteiger partial charge in [0.1, 0.15) is 18.8 Å². The number of allylic oxidation sites excluding steroid dienone is 14. The molecular formula is C69H116O12. The molecule has 6 atom stereocenters. The third-order valence-electron chi connectivity index (χ3n) is 14.5. The van der Waals surface area contributed by atoms with Gasteiger partial charge in [-0.15, -0.1) is 0 Å². The van der Waals surface area contributed by atoms with Crippen molar-refractivity contribution in [2.24, 2.45) is 0 Å².